The molecule has 0 bridgehead atoms. The Hall–Kier alpha value is -1.16. The first-order chi connectivity index (χ1) is 10.1. The molecule has 3 rings (SSSR count). The van der Waals surface area contributed by atoms with Gasteiger partial charge in [0.1, 0.15) is 0 Å². The van der Waals surface area contributed by atoms with E-state index in [2.05, 4.69) is 71.9 Å². The zero-order chi connectivity index (χ0) is 14.7. The largest absolute Gasteiger partial charge is 0.311 e. The lowest BCUT2D eigenvalue weighted by atomic mass is 9.94. The number of hydrogen-bond donors (Lipinski definition) is 1. The third-order valence-electron chi connectivity index (χ3n) is 4.37. The van der Waals surface area contributed by atoms with Gasteiger partial charge in [-0.2, -0.15) is 0 Å². The first-order valence-corrected chi connectivity index (χ1v) is 8.56. The van der Waals surface area contributed by atoms with Crippen molar-refractivity contribution >= 4 is 11.3 Å². The number of nitrogens with one attached hydrogen (secondary N) is 1. The summed E-state index contributed by atoms with van der Waals surface area (Å²) in [5, 5.41) is 5.90. The molecule has 1 N–H and O–H groups in total. The fourth-order valence-electron chi connectivity index (χ4n) is 2.99. The van der Waals surface area contributed by atoms with Crippen LogP contribution in [0.3, 0.4) is 0 Å². The van der Waals surface area contributed by atoms with E-state index in [1.807, 2.05) is 11.3 Å². The predicted molar refractivity (Wildman–Crippen MR) is 90.7 cm³/mol. The summed E-state index contributed by atoms with van der Waals surface area (Å²) in [6.07, 6.45) is 1.11. The molecule has 2 heterocycles. The molecule has 112 valence electrons. The van der Waals surface area contributed by atoms with Gasteiger partial charge >= 0.3 is 0 Å². The molecule has 2 nitrogen and oxygen atoms in total. The average Bonchev–Trinajstić information content (AvgIpc) is 2.97. The fraction of sp³-hybridized carbons (Fsp3) is 0.444. The molecular weight excluding hydrogens is 276 g/mol. The van der Waals surface area contributed by atoms with Crippen LogP contribution >= 0.6 is 11.3 Å². The number of benzene rings is 1. The fourth-order valence-corrected chi connectivity index (χ4v) is 3.71. The molecule has 1 aromatic carbocycles. The van der Waals surface area contributed by atoms with Crippen LogP contribution in [0.15, 0.2) is 47.8 Å². The summed E-state index contributed by atoms with van der Waals surface area (Å²) in [5.41, 5.74) is 1.64. The van der Waals surface area contributed by atoms with Crippen LogP contribution in [0.5, 0.6) is 0 Å². The maximum Gasteiger partial charge on any atom is 0.0334 e. The zero-order valence-electron chi connectivity index (χ0n) is 12.9. The van der Waals surface area contributed by atoms with Crippen molar-refractivity contribution in [2.24, 2.45) is 0 Å². The summed E-state index contributed by atoms with van der Waals surface area (Å²) in [4.78, 5) is 4.09. The van der Waals surface area contributed by atoms with E-state index in [0.717, 1.165) is 26.1 Å². The third kappa shape index (κ3) is 3.73. The maximum absolute atomic E-state index is 3.73. The van der Waals surface area contributed by atoms with Gasteiger partial charge in [-0.15, -0.1) is 11.3 Å². The number of thiophene rings is 1. The van der Waals surface area contributed by atoms with Gasteiger partial charge in [-0.05, 0) is 37.3 Å². The van der Waals surface area contributed by atoms with Gasteiger partial charge in [0.25, 0.3) is 0 Å². The highest BCUT2D eigenvalue weighted by atomic mass is 32.1. The minimum Gasteiger partial charge on any atom is -0.311 e. The van der Waals surface area contributed by atoms with E-state index in [0.29, 0.717) is 6.04 Å². The molecule has 2 aromatic rings. The van der Waals surface area contributed by atoms with Crippen LogP contribution < -0.4 is 5.32 Å². The highest BCUT2D eigenvalue weighted by molar-refractivity contribution is 7.09. The minimum absolute atomic E-state index is 0.219. The van der Waals surface area contributed by atoms with Gasteiger partial charge in [0.2, 0.25) is 0 Å². The van der Waals surface area contributed by atoms with Gasteiger partial charge < -0.3 is 5.32 Å². The van der Waals surface area contributed by atoms with Crippen LogP contribution in [0.4, 0.5) is 0 Å². The van der Waals surface area contributed by atoms with Crippen LogP contribution in [0, 0.1) is 0 Å². The Morgan fingerprint density at radius 3 is 2.71 bits per heavy atom. The van der Waals surface area contributed by atoms with E-state index >= 15 is 0 Å². The van der Waals surface area contributed by atoms with E-state index in [9.17, 15) is 0 Å². The normalized spacial score (nSPS) is 22.3. The van der Waals surface area contributed by atoms with Gasteiger partial charge in [0.05, 0.1) is 0 Å². The number of hydrogen-bond acceptors (Lipinski definition) is 3. The molecule has 1 atom stereocenters. The van der Waals surface area contributed by atoms with Crippen molar-refractivity contribution in [3.63, 3.8) is 0 Å². The molecule has 1 fully saturated rings. The number of nitrogens with zero attached hydrogens (tertiary/aromatic N) is 1. The monoisotopic (exact) mass is 300 g/mol. The Balaban J connectivity index is 1.66. The molecular formula is C18H24N2S. The van der Waals surface area contributed by atoms with Crippen molar-refractivity contribution < 1.29 is 0 Å². The molecule has 1 aliphatic rings. The quantitative estimate of drug-likeness (QED) is 0.929. The molecule has 0 saturated carbocycles. The lowest BCUT2D eigenvalue weighted by Crippen LogP contribution is -2.61. The van der Waals surface area contributed by atoms with Crippen LogP contribution in [-0.4, -0.2) is 29.6 Å². The minimum atomic E-state index is 0.219. The van der Waals surface area contributed by atoms with Crippen molar-refractivity contribution in [2.45, 2.75) is 38.4 Å². The third-order valence-corrected chi connectivity index (χ3v) is 5.23. The molecule has 1 saturated heterocycles. The Morgan fingerprint density at radius 2 is 2.00 bits per heavy atom. The number of piperazine rings is 1. The Labute approximate surface area is 131 Å². The molecule has 0 spiro atoms. The summed E-state index contributed by atoms with van der Waals surface area (Å²) in [6.45, 7) is 7.91. The first kappa shape index (κ1) is 14.8. The van der Waals surface area contributed by atoms with Crippen LogP contribution in [-0.2, 0) is 13.0 Å². The second-order valence-electron chi connectivity index (χ2n) is 6.54. The van der Waals surface area contributed by atoms with Gasteiger partial charge in [0.15, 0.2) is 0 Å². The number of rotatable bonds is 4. The molecule has 21 heavy (non-hydrogen) atoms. The molecule has 3 heteroatoms. The van der Waals surface area contributed by atoms with Crippen molar-refractivity contribution in [2.75, 3.05) is 13.1 Å². The van der Waals surface area contributed by atoms with Gasteiger partial charge in [-0.3, -0.25) is 4.90 Å². The standard InChI is InChI=1S/C18H24N2S/c1-18(2)14-19-16(11-15-7-4-3-5-8-15)12-20(18)13-17-9-6-10-21-17/h3-10,16,19H,11-14H2,1-2H3. The van der Waals surface area contributed by atoms with Gasteiger partial charge in [-0.1, -0.05) is 36.4 Å². The van der Waals surface area contributed by atoms with E-state index in [-0.39, 0.29) is 5.54 Å². The Bertz CT molecular complexity index is 548. The summed E-state index contributed by atoms with van der Waals surface area (Å²) in [5.74, 6) is 0. The average molecular weight is 300 g/mol. The van der Waals surface area contributed by atoms with E-state index in [1.54, 1.807) is 0 Å². The van der Waals surface area contributed by atoms with Crippen molar-refractivity contribution in [1.82, 2.24) is 10.2 Å². The summed E-state index contributed by atoms with van der Waals surface area (Å²) < 4.78 is 0. The molecule has 1 unspecified atom stereocenters. The SMILES string of the molecule is CC1(C)CNC(Cc2ccccc2)CN1Cc1cccs1. The van der Waals surface area contributed by atoms with E-state index in [1.165, 1.54) is 10.4 Å². The Morgan fingerprint density at radius 1 is 1.19 bits per heavy atom. The van der Waals surface area contributed by atoms with Gasteiger partial charge in [0, 0.05) is 36.1 Å². The summed E-state index contributed by atoms with van der Waals surface area (Å²) in [6, 6.07) is 15.7. The van der Waals surface area contributed by atoms with Crippen molar-refractivity contribution in [3.8, 4) is 0 Å². The topological polar surface area (TPSA) is 15.3 Å². The lowest BCUT2D eigenvalue weighted by molar-refractivity contribution is 0.0596. The first-order valence-electron chi connectivity index (χ1n) is 7.68. The van der Waals surface area contributed by atoms with Crippen LogP contribution in [0.2, 0.25) is 0 Å². The molecule has 0 amide bonds. The Kier molecular flexibility index (Phi) is 4.43. The van der Waals surface area contributed by atoms with E-state index < -0.39 is 0 Å². The van der Waals surface area contributed by atoms with E-state index in [4.69, 9.17) is 0 Å². The second kappa shape index (κ2) is 6.30. The molecule has 0 aliphatic carbocycles. The second-order valence-corrected chi connectivity index (χ2v) is 7.57. The van der Waals surface area contributed by atoms with Crippen LogP contribution in [0.25, 0.3) is 0 Å². The highest BCUT2D eigenvalue weighted by Gasteiger charge is 2.33. The predicted octanol–water partition coefficient (Wildman–Crippen LogP) is 3.54. The molecule has 0 radical (unpaired) electrons. The zero-order valence-corrected chi connectivity index (χ0v) is 13.7. The highest BCUT2D eigenvalue weighted by Crippen LogP contribution is 2.24. The summed E-state index contributed by atoms with van der Waals surface area (Å²) >= 11 is 1.86. The van der Waals surface area contributed by atoms with Gasteiger partial charge in [-0.25, -0.2) is 0 Å². The molecule has 1 aromatic heterocycles. The van der Waals surface area contributed by atoms with Crippen molar-refractivity contribution in [1.29, 1.82) is 0 Å². The smallest absolute Gasteiger partial charge is 0.0334 e. The van der Waals surface area contributed by atoms with Crippen molar-refractivity contribution in [3.05, 3.63) is 58.3 Å². The summed E-state index contributed by atoms with van der Waals surface area (Å²) in [7, 11) is 0. The molecule has 1 aliphatic heterocycles. The van der Waals surface area contributed by atoms with Crippen LogP contribution in [0.1, 0.15) is 24.3 Å². The maximum atomic E-state index is 3.73. The lowest BCUT2D eigenvalue weighted by Gasteiger charge is -2.46.